The minimum absolute atomic E-state index is 0.0124. The molecule has 3 aliphatic heterocycles. The second-order valence-corrected chi connectivity index (χ2v) is 17.9. The van der Waals surface area contributed by atoms with Gasteiger partial charge in [0.2, 0.25) is 11.8 Å². The fourth-order valence-electron chi connectivity index (χ4n) is 10.1. The van der Waals surface area contributed by atoms with Gasteiger partial charge < -0.3 is 19.9 Å². The number of fused-ring (bicyclic) bond motifs is 2. The lowest BCUT2D eigenvalue weighted by Gasteiger charge is -2.36. The number of aryl methyl sites for hydroxylation is 2. The number of nitrogens with one attached hydrogen (secondary N) is 2. The number of imidazole rings is 1. The molecule has 336 valence electrons. The van der Waals surface area contributed by atoms with E-state index in [-0.39, 0.29) is 35.3 Å². The van der Waals surface area contributed by atoms with Gasteiger partial charge in [0.1, 0.15) is 17.4 Å². The Morgan fingerprint density at radius 1 is 0.952 bits per heavy atom. The third kappa shape index (κ3) is 9.28. The minimum atomic E-state index is -2.84. The summed E-state index contributed by atoms with van der Waals surface area (Å²) in [5, 5.41) is 13.6. The Bertz CT molecular complexity index is 2510. The Labute approximate surface area is 363 Å². The van der Waals surface area contributed by atoms with Gasteiger partial charge in [-0.25, -0.2) is 23.1 Å². The number of hydrogen-bond donors (Lipinski definition) is 2. The van der Waals surface area contributed by atoms with Crippen LogP contribution in [0.3, 0.4) is 0 Å². The number of carbonyl (C=O) groups is 3. The molecule has 7 heterocycles. The molecule has 4 fully saturated rings. The number of amides is 3. The lowest BCUT2D eigenvalue weighted by Crippen LogP contribution is -2.44. The van der Waals surface area contributed by atoms with E-state index in [0.717, 1.165) is 120 Å². The Morgan fingerprint density at radius 2 is 1.75 bits per heavy atom. The number of likely N-dealkylation sites (tertiary alicyclic amines) is 1. The van der Waals surface area contributed by atoms with Gasteiger partial charge in [-0.15, -0.1) is 0 Å². The summed E-state index contributed by atoms with van der Waals surface area (Å²) in [6.07, 6.45) is 13.3. The first-order chi connectivity index (χ1) is 30.6. The molecule has 4 aromatic heterocycles. The van der Waals surface area contributed by atoms with Crippen molar-refractivity contribution in [2.75, 3.05) is 56.2 Å². The smallest absolute Gasteiger partial charge is 0.329 e. The molecule has 3 amide bonds. The van der Waals surface area contributed by atoms with Crippen LogP contribution >= 0.6 is 0 Å². The van der Waals surface area contributed by atoms with Crippen LogP contribution in [-0.4, -0.2) is 102 Å². The van der Waals surface area contributed by atoms with E-state index in [9.17, 15) is 28.0 Å². The van der Waals surface area contributed by atoms with Crippen LogP contribution in [-0.2, 0) is 27.8 Å². The molecule has 0 radical (unpaired) electrons. The number of piperidine rings is 3. The molecule has 1 atom stereocenters. The van der Waals surface area contributed by atoms with E-state index in [4.69, 9.17) is 9.72 Å². The Morgan fingerprint density at radius 3 is 2.51 bits per heavy atom. The normalized spacial score (nSPS) is 21.8. The largest absolute Gasteiger partial charge is 0.381 e. The van der Waals surface area contributed by atoms with Crippen molar-refractivity contribution in [1.82, 2.24) is 43.7 Å². The molecule has 5 aromatic rings. The third-order valence-corrected chi connectivity index (χ3v) is 13.7. The molecule has 0 spiro atoms. The van der Waals surface area contributed by atoms with E-state index >= 15 is 0 Å². The number of hydrogen-bond acceptors (Lipinski definition) is 10. The van der Waals surface area contributed by atoms with Crippen LogP contribution < -0.4 is 21.2 Å². The first kappa shape index (κ1) is 42.8. The number of imide groups is 1. The van der Waals surface area contributed by atoms with Gasteiger partial charge >= 0.3 is 5.69 Å². The minimum Gasteiger partial charge on any atom is -0.381 e. The molecular weight excluding hydrogens is 813 g/mol. The molecule has 18 heteroatoms. The molecule has 2 N–H and O–H groups in total. The number of benzene rings is 1. The van der Waals surface area contributed by atoms with Gasteiger partial charge in [-0.1, -0.05) is 6.07 Å². The zero-order valence-electron chi connectivity index (χ0n) is 35.9. The lowest BCUT2D eigenvalue weighted by molar-refractivity contribution is -0.135. The van der Waals surface area contributed by atoms with Crippen LogP contribution in [0.4, 0.5) is 20.3 Å². The first-order valence-corrected chi connectivity index (χ1v) is 22.7. The van der Waals surface area contributed by atoms with Crippen molar-refractivity contribution in [3.05, 3.63) is 70.2 Å². The maximum Gasteiger partial charge on any atom is 0.329 e. The maximum absolute atomic E-state index is 14.3. The molecular formula is C45H57F2N11O5. The first-order valence-electron chi connectivity index (χ1n) is 22.7. The second-order valence-electron chi connectivity index (χ2n) is 17.9. The molecule has 63 heavy (non-hydrogen) atoms. The van der Waals surface area contributed by atoms with Crippen molar-refractivity contribution in [1.29, 1.82) is 0 Å². The van der Waals surface area contributed by atoms with Crippen LogP contribution in [0.15, 0.2) is 47.7 Å². The lowest BCUT2D eigenvalue weighted by atomic mass is 9.85. The summed E-state index contributed by atoms with van der Waals surface area (Å²) in [5.41, 5.74) is 2.48. The fraction of sp³-hybridized carbons (Fsp3) is 0.578. The maximum atomic E-state index is 14.3. The SMILES string of the molecule is Cn1c(=O)n(C2CCC(=O)NC2=O)c2ccc(CCCOCC3CCN(CC4CCC(n5cc(NC(=O)c6cnn7ccc(N8CCCCC8)nc67)c(C(F)F)n5)CC4)CC3)cc21. The standard InChI is InChI=1S/C45H57F2N11O5/c1-53-37-24-29(9-12-35(37)58(45(53)62)36-13-14-39(59)51-44(36)61)6-5-23-63-28-31-15-20-54(21-16-31)26-30-7-10-32(11-8-30)57-27-34(40(52-57)41(46)47)49-43(60)33-25-48-56-22-17-38(50-42(33)56)55-18-3-2-4-19-55/h9,12,17,22,24-25,27,30-32,36,41H,2-8,10-11,13-16,18-21,23,26,28H2,1H3,(H,49,60)(H,51,59,61). The number of aromatic nitrogens is 7. The van der Waals surface area contributed by atoms with Crippen molar-refractivity contribution in [2.24, 2.45) is 18.9 Å². The van der Waals surface area contributed by atoms with E-state index in [2.05, 4.69) is 30.6 Å². The van der Waals surface area contributed by atoms with Crippen molar-refractivity contribution < 1.29 is 27.9 Å². The molecule has 1 aliphatic carbocycles. The predicted molar refractivity (Wildman–Crippen MR) is 232 cm³/mol. The molecule has 4 aliphatic rings. The fourth-order valence-corrected chi connectivity index (χ4v) is 10.1. The van der Waals surface area contributed by atoms with Crippen molar-refractivity contribution in [3.8, 4) is 0 Å². The topological polar surface area (TPSA) is 166 Å². The number of halogens is 2. The molecule has 16 nitrogen and oxygen atoms in total. The van der Waals surface area contributed by atoms with Gasteiger partial charge in [-0.3, -0.25) is 33.5 Å². The van der Waals surface area contributed by atoms with Gasteiger partial charge in [-0.05, 0) is 126 Å². The average molecular weight is 870 g/mol. The highest BCUT2D eigenvalue weighted by Gasteiger charge is 2.32. The highest BCUT2D eigenvalue weighted by Crippen LogP contribution is 2.36. The van der Waals surface area contributed by atoms with Crippen LogP contribution in [0.5, 0.6) is 0 Å². The zero-order valence-corrected chi connectivity index (χ0v) is 35.9. The van der Waals surface area contributed by atoms with Gasteiger partial charge in [-0.2, -0.15) is 10.2 Å². The number of anilines is 2. The van der Waals surface area contributed by atoms with Gasteiger partial charge in [0.25, 0.3) is 12.3 Å². The summed E-state index contributed by atoms with van der Waals surface area (Å²) in [5.74, 6) is 0.548. The number of ether oxygens (including phenoxy) is 1. The van der Waals surface area contributed by atoms with Gasteiger partial charge in [0.05, 0.1) is 29.0 Å². The Kier molecular flexibility index (Phi) is 12.7. The molecule has 1 unspecified atom stereocenters. The Hall–Kier alpha value is -5.49. The second kappa shape index (κ2) is 18.7. The van der Waals surface area contributed by atoms with Gasteiger partial charge in [0.15, 0.2) is 11.3 Å². The summed E-state index contributed by atoms with van der Waals surface area (Å²) < 4.78 is 40.9. The van der Waals surface area contributed by atoms with E-state index < -0.39 is 30.0 Å². The molecule has 0 bridgehead atoms. The summed E-state index contributed by atoms with van der Waals surface area (Å²) in [7, 11) is 1.71. The van der Waals surface area contributed by atoms with Crippen molar-refractivity contribution in [2.45, 2.75) is 102 Å². The predicted octanol–water partition coefficient (Wildman–Crippen LogP) is 5.83. The van der Waals surface area contributed by atoms with E-state index in [1.165, 1.54) is 21.7 Å². The third-order valence-electron chi connectivity index (χ3n) is 13.7. The molecule has 1 aromatic carbocycles. The summed E-state index contributed by atoms with van der Waals surface area (Å²) in [6.45, 7) is 6.30. The van der Waals surface area contributed by atoms with Crippen LogP contribution in [0, 0.1) is 11.8 Å². The van der Waals surface area contributed by atoms with Crippen LogP contribution in [0.2, 0.25) is 0 Å². The molecule has 9 rings (SSSR count). The number of nitrogens with zero attached hydrogens (tertiary/aromatic N) is 9. The summed E-state index contributed by atoms with van der Waals surface area (Å²) in [4.78, 5) is 60.2. The number of carbonyl (C=O) groups excluding carboxylic acids is 3. The van der Waals surface area contributed by atoms with Gasteiger partial charge in [0, 0.05) is 58.7 Å². The Balaban J connectivity index is 0.701. The number of alkyl halides is 2. The van der Waals surface area contributed by atoms with Crippen molar-refractivity contribution in [3.63, 3.8) is 0 Å². The highest BCUT2D eigenvalue weighted by molar-refractivity contribution is 6.08. The molecule has 3 saturated heterocycles. The molecule has 1 saturated carbocycles. The summed E-state index contributed by atoms with van der Waals surface area (Å²) in [6, 6.07) is 7.08. The zero-order chi connectivity index (χ0) is 43.6. The number of rotatable bonds is 14. The van der Waals surface area contributed by atoms with E-state index in [0.29, 0.717) is 36.0 Å². The van der Waals surface area contributed by atoms with Crippen LogP contribution in [0.1, 0.15) is 117 Å². The average Bonchev–Trinajstić information content (AvgIpc) is 3.99. The summed E-state index contributed by atoms with van der Waals surface area (Å²) >= 11 is 0. The quantitative estimate of drug-likeness (QED) is 0.103. The van der Waals surface area contributed by atoms with E-state index in [1.54, 1.807) is 28.7 Å². The van der Waals surface area contributed by atoms with Crippen LogP contribution in [0.25, 0.3) is 16.7 Å². The highest BCUT2D eigenvalue weighted by atomic mass is 19.3. The van der Waals surface area contributed by atoms with E-state index in [1.807, 2.05) is 24.3 Å². The monoisotopic (exact) mass is 869 g/mol. The van der Waals surface area contributed by atoms with Crippen molar-refractivity contribution >= 4 is 45.9 Å².